The number of halogens is 1. The van der Waals surface area contributed by atoms with E-state index in [-0.39, 0.29) is 5.91 Å². The van der Waals surface area contributed by atoms with E-state index < -0.39 is 6.10 Å². The molecule has 0 bridgehead atoms. The first-order valence-electron chi connectivity index (χ1n) is 7.74. The maximum Gasteiger partial charge on any atom is 0.266 e. The smallest absolute Gasteiger partial charge is 0.266 e. The van der Waals surface area contributed by atoms with Crippen molar-refractivity contribution in [1.29, 1.82) is 0 Å². The van der Waals surface area contributed by atoms with Crippen LogP contribution in [0.15, 0.2) is 59.2 Å². The molecule has 0 fully saturated rings. The molecule has 7 heteroatoms. The van der Waals surface area contributed by atoms with Gasteiger partial charge in [0.15, 0.2) is 6.10 Å². The highest BCUT2D eigenvalue weighted by Gasteiger charge is 2.19. The molecule has 0 unspecified atom stereocenters. The summed E-state index contributed by atoms with van der Waals surface area (Å²) in [4.78, 5) is 16.5. The normalized spacial score (nSPS) is 11.8. The lowest BCUT2D eigenvalue weighted by atomic mass is 10.3. The van der Waals surface area contributed by atoms with E-state index in [4.69, 9.17) is 4.74 Å². The molecular formula is C18H17BrN4O2. The molecule has 2 aromatic heterocycles. The summed E-state index contributed by atoms with van der Waals surface area (Å²) in [6.07, 6.45) is 1.06. The highest BCUT2D eigenvalue weighted by atomic mass is 79.9. The molecule has 25 heavy (non-hydrogen) atoms. The van der Waals surface area contributed by atoms with Gasteiger partial charge in [-0.2, -0.15) is 0 Å². The Balaban J connectivity index is 1.69. The third-order valence-electron chi connectivity index (χ3n) is 3.46. The first-order valence-corrected chi connectivity index (χ1v) is 8.54. The molecule has 3 rings (SSSR count). The number of hydrogen-bond acceptors (Lipinski definition) is 4. The maximum absolute atomic E-state index is 12.3. The molecule has 1 atom stereocenters. The van der Waals surface area contributed by atoms with Crippen molar-refractivity contribution < 1.29 is 9.53 Å². The fourth-order valence-corrected chi connectivity index (χ4v) is 2.56. The van der Waals surface area contributed by atoms with Crippen molar-refractivity contribution in [3.05, 3.63) is 64.9 Å². The van der Waals surface area contributed by atoms with E-state index in [1.807, 2.05) is 49.4 Å². The fraction of sp³-hybridized carbons (Fsp3) is 0.167. The van der Waals surface area contributed by atoms with Gasteiger partial charge in [0, 0.05) is 11.9 Å². The number of anilines is 1. The Morgan fingerprint density at radius 1 is 1.20 bits per heavy atom. The van der Waals surface area contributed by atoms with Crippen molar-refractivity contribution in [3.8, 4) is 11.6 Å². The van der Waals surface area contributed by atoms with E-state index in [0.717, 1.165) is 11.4 Å². The highest BCUT2D eigenvalue weighted by molar-refractivity contribution is 9.10. The van der Waals surface area contributed by atoms with Crippen LogP contribution in [0.4, 0.5) is 5.82 Å². The Kier molecular flexibility index (Phi) is 5.14. The minimum atomic E-state index is -0.724. The Morgan fingerprint density at radius 2 is 1.96 bits per heavy atom. The van der Waals surface area contributed by atoms with Crippen molar-refractivity contribution in [2.45, 2.75) is 20.0 Å². The third-order valence-corrected chi connectivity index (χ3v) is 4.00. The molecular weight excluding hydrogens is 384 g/mol. The molecule has 2 heterocycles. The number of amides is 1. The average Bonchev–Trinajstić information content (AvgIpc) is 2.96. The molecule has 1 aromatic carbocycles. The molecule has 3 aromatic rings. The summed E-state index contributed by atoms with van der Waals surface area (Å²) >= 11 is 3.42. The van der Waals surface area contributed by atoms with Crippen LogP contribution in [0.1, 0.15) is 12.6 Å². The zero-order valence-electron chi connectivity index (χ0n) is 13.8. The largest absolute Gasteiger partial charge is 0.463 e. The lowest BCUT2D eigenvalue weighted by Crippen LogP contribution is -2.30. The lowest BCUT2D eigenvalue weighted by Gasteiger charge is -2.13. The SMILES string of the molecule is Cc1cccc(NC(=O)[C@H](C)Oc2nn(-c3ccccc3)cc2Br)n1. The summed E-state index contributed by atoms with van der Waals surface area (Å²) in [5.74, 6) is 0.553. The van der Waals surface area contributed by atoms with Crippen LogP contribution < -0.4 is 10.1 Å². The number of hydrogen-bond donors (Lipinski definition) is 1. The van der Waals surface area contributed by atoms with Crippen molar-refractivity contribution in [2.75, 3.05) is 5.32 Å². The zero-order valence-corrected chi connectivity index (χ0v) is 15.4. The van der Waals surface area contributed by atoms with E-state index in [9.17, 15) is 4.79 Å². The molecule has 0 radical (unpaired) electrons. The number of carbonyl (C=O) groups is 1. The molecule has 0 aliphatic heterocycles. The summed E-state index contributed by atoms with van der Waals surface area (Å²) in [6.45, 7) is 3.53. The number of ether oxygens (including phenoxy) is 1. The van der Waals surface area contributed by atoms with Gasteiger partial charge in [0.05, 0.1) is 10.2 Å². The standard InChI is InChI=1S/C18H17BrN4O2/c1-12-7-6-10-16(20-12)21-17(24)13(2)25-18-15(19)11-23(22-18)14-8-4-3-5-9-14/h3-11,13H,1-2H3,(H,20,21,24)/t13-/m0/s1. The van der Waals surface area contributed by atoms with Gasteiger partial charge < -0.3 is 10.1 Å². The molecule has 0 aliphatic carbocycles. The number of nitrogens with one attached hydrogen (secondary N) is 1. The van der Waals surface area contributed by atoms with Gasteiger partial charge in [-0.15, -0.1) is 5.10 Å². The average molecular weight is 401 g/mol. The van der Waals surface area contributed by atoms with Crippen LogP contribution in [0.5, 0.6) is 5.88 Å². The summed E-state index contributed by atoms with van der Waals surface area (Å²) in [7, 11) is 0. The lowest BCUT2D eigenvalue weighted by molar-refractivity contribution is -0.122. The van der Waals surface area contributed by atoms with Crippen LogP contribution in [0.25, 0.3) is 5.69 Å². The molecule has 0 saturated carbocycles. The summed E-state index contributed by atoms with van der Waals surface area (Å²) in [6, 6.07) is 15.1. The molecule has 1 N–H and O–H groups in total. The second-order valence-corrected chi connectivity index (χ2v) is 6.33. The number of aryl methyl sites for hydroxylation is 1. The van der Waals surface area contributed by atoms with E-state index in [2.05, 4.69) is 31.3 Å². The second kappa shape index (κ2) is 7.48. The van der Waals surface area contributed by atoms with Gasteiger partial charge in [-0.05, 0) is 54.0 Å². The summed E-state index contributed by atoms with van der Waals surface area (Å²) < 4.78 is 8.05. The van der Waals surface area contributed by atoms with E-state index in [0.29, 0.717) is 16.2 Å². The number of aromatic nitrogens is 3. The Morgan fingerprint density at radius 3 is 2.68 bits per heavy atom. The van der Waals surface area contributed by atoms with Crippen LogP contribution in [-0.2, 0) is 4.79 Å². The molecule has 1 amide bonds. The minimum Gasteiger partial charge on any atom is -0.463 e. The quantitative estimate of drug-likeness (QED) is 0.707. The van der Waals surface area contributed by atoms with Gasteiger partial charge >= 0.3 is 0 Å². The van der Waals surface area contributed by atoms with Crippen molar-refractivity contribution in [1.82, 2.24) is 14.8 Å². The van der Waals surface area contributed by atoms with Gasteiger partial charge in [-0.25, -0.2) is 9.67 Å². The predicted octanol–water partition coefficient (Wildman–Crippen LogP) is 3.74. The molecule has 0 saturated heterocycles. The minimum absolute atomic E-state index is 0.292. The van der Waals surface area contributed by atoms with Crippen LogP contribution >= 0.6 is 15.9 Å². The van der Waals surface area contributed by atoms with Crippen molar-refractivity contribution in [3.63, 3.8) is 0 Å². The number of carbonyl (C=O) groups excluding carboxylic acids is 1. The molecule has 0 spiro atoms. The van der Waals surface area contributed by atoms with Gasteiger partial charge in [0.1, 0.15) is 5.82 Å². The van der Waals surface area contributed by atoms with Gasteiger partial charge in [0.2, 0.25) is 5.88 Å². The number of benzene rings is 1. The number of rotatable bonds is 5. The predicted molar refractivity (Wildman–Crippen MR) is 99.0 cm³/mol. The van der Waals surface area contributed by atoms with Crippen molar-refractivity contribution in [2.24, 2.45) is 0 Å². The van der Waals surface area contributed by atoms with Crippen LogP contribution in [0, 0.1) is 6.92 Å². The van der Waals surface area contributed by atoms with E-state index in [1.165, 1.54) is 0 Å². The second-order valence-electron chi connectivity index (χ2n) is 5.48. The van der Waals surface area contributed by atoms with Crippen LogP contribution in [0.2, 0.25) is 0 Å². The molecule has 128 valence electrons. The van der Waals surface area contributed by atoms with Gasteiger partial charge in [-0.3, -0.25) is 4.79 Å². The topological polar surface area (TPSA) is 69.0 Å². The third kappa shape index (κ3) is 4.24. The summed E-state index contributed by atoms with van der Waals surface area (Å²) in [5, 5.41) is 7.11. The number of para-hydroxylation sites is 1. The zero-order chi connectivity index (χ0) is 17.8. The Bertz CT molecular complexity index is 880. The Labute approximate surface area is 154 Å². The number of pyridine rings is 1. The maximum atomic E-state index is 12.3. The Hall–Kier alpha value is -2.67. The van der Waals surface area contributed by atoms with Crippen LogP contribution in [-0.4, -0.2) is 26.8 Å². The summed E-state index contributed by atoms with van der Waals surface area (Å²) in [5.41, 5.74) is 1.73. The van der Waals surface area contributed by atoms with E-state index >= 15 is 0 Å². The van der Waals surface area contributed by atoms with Crippen LogP contribution in [0.3, 0.4) is 0 Å². The molecule has 0 aliphatic rings. The molecule has 6 nitrogen and oxygen atoms in total. The van der Waals surface area contributed by atoms with Gasteiger partial charge in [-0.1, -0.05) is 24.3 Å². The highest BCUT2D eigenvalue weighted by Crippen LogP contribution is 2.25. The first-order chi connectivity index (χ1) is 12.0. The van der Waals surface area contributed by atoms with E-state index in [1.54, 1.807) is 23.9 Å². The van der Waals surface area contributed by atoms with Gasteiger partial charge in [0.25, 0.3) is 5.91 Å². The van der Waals surface area contributed by atoms with Crippen molar-refractivity contribution >= 4 is 27.7 Å². The monoisotopic (exact) mass is 400 g/mol. The fourth-order valence-electron chi connectivity index (χ4n) is 2.19. The first kappa shape index (κ1) is 17.2. The number of nitrogens with zero attached hydrogens (tertiary/aromatic N) is 3.